The fourth-order valence-electron chi connectivity index (χ4n) is 1.85. The van der Waals surface area contributed by atoms with Gasteiger partial charge in [0.1, 0.15) is 0 Å². The number of nitrogens with zero attached hydrogens (tertiary/aromatic N) is 1. The second kappa shape index (κ2) is 4.29. The molecular weight excluding hydrogens is 268 g/mol. The van der Waals surface area contributed by atoms with E-state index in [1.165, 1.54) is 0 Å². The number of benzene rings is 1. The van der Waals surface area contributed by atoms with Crippen LogP contribution in [-0.2, 0) is 18.3 Å². The molecule has 0 fully saturated rings. The first-order valence-corrected chi connectivity index (χ1v) is 5.85. The van der Waals surface area contributed by atoms with Gasteiger partial charge in [-0.25, -0.2) is 0 Å². The maximum absolute atomic E-state index is 11.4. The molecule has 16 heavy (non-hydrogen) atoms. The SMILES string of the molecule is CNC(=O)Cc1cn(C)c2ccc(Br)cc12. The summed E-state index contributed by atoms with van der Waals surface area (Å²) in [5.41, 5.74) is 2.19. The number of aryl methyl sites for hydroxylation is 1. The molecule has 0 radical (unpaired) electrons. The number of hydrogen-bond acceptors (Lipinski definition) is 1. The number of aromatic nitrogens is 1. The molecule has 0 saturated carbocycles. The van der Waals surface area contributed by atoms with Crippen molar-refractivity contribution < 1.29 is 4.79 Å². The van der Waals surface area contributed by atoms with Crippen molar-refractivity contribution in [2.45, 2.75) is 6.42 Å². The molecule has 0 saturated heterocycles. The van der Waals surface area contributed by atoms with Crippen LogP contribution in [0.15, 0.2) is 28.9 Å². The molecule has 0 spiro atoms. The minimum atomic E-state index is 0.0347. The van der Waals surface area contributed by atoms with Crippen molar-refractivity contribution in [3.63, 3.8) is 0 Å². The van der Waals surface area contributed by atoms with Crippen molar-refractivity contribution in [1.82, 2.24) is 9.88 Å². The molecule has 1 N–H and O–H groups in total. The Labute approximate surface area is 103 Å². The lowest BCUT2D eigenvalue weighted by Gasteiger charge is -1.98. The second-order valence-electron chi connectivity index (χ2n) is 3.78. The van der Waals surface area contributed by atoms with Crippen LogP contribution in [0.25, 0.3) is 10.9 Å². The summed E-state index contributed by atoms with van der Waals surface area (Å²) in [6.45, 7) is 0. The first kappa shape index (κ1) is 11.2. The van der Waals surface area contributed by atoms with E-state index in [0.29, 0.717) is 6.42 Å². The number of hydrogen-bond donors (Lipinski definition) is 1. The van der Waals surface area contributed by atoms with Crippen molar-refractivity contribution in [3.8, 4) is 0 Å². The zero-order chi connectivity index (χ0) is 11.7. The predicted octanol–water partition coefficient (Wildman–Crippen LogP) is 2.23. The summed E-state index contributed by atoms with van der Waals surface area (Å²) in [5.74, 6) is 0.0347. The molecule has 0 aliphatic rings. The summed E-state index contributed by atoms with van der Waals surface area (Å²) in [6.07, 6.45) is 2.43. The van der Waals surface area contributed by atoms with Gasteiger partial charge in [-0.05, 0) is 23.8 Å². The molecule has 2 aromatic rings. The molecule has 1 aromatic carbocycles. The average molecular weight is 281 g/mol. The third-order valence-corrected chi connectivity index (χ3v) is 3.16. The van der Waals surface area contributed by atoms with Crippen molar-refractivity contribution >= 4 is 32.7 Å². The predicted molar refractivity (Wildman–Crippen MR) is 68.4 cm³/mol. The number of likely N-dealkylation sites (N-methyl/N-ethyl adjacent to an activating group) is 1. The van der Waals surface area contributed by atoms with Crippen molar-refractivity contribution in [1.29, 1.82) is 0 Å². The first-order chi connectivity index (χ1) is 7.61. The quantitative estimate of drug-likeness (QED) is 0.900. The molecule has 84 valence electrons. The monoisotopic (exact) mass is 280 g/mol. The Morgan fingerprint density at radius 2 is 2.25 bits per heavy atom. The molecule has 0 atom stereocenters. The van der Waals surface area contributed by atoms with Gasteiger partial charge in [-0.1, -0.05) is 15.9 Å². The van der Waals surface area contributed by atoms with E-state index < -0.39 is 0 Å². The van der Waals surface area contributed by atoms with Crippen LogP contribution in [0.3, 0.4) is 0 Å². The van der Waals surface area contributed by atoms with Gasteiger partial charge in [-0.3, -0.25) is 4.79 Å². The third-order valence-electron chi connectivity index (χ3n) is 2.66. The number of nitrogens with one attached hydrogen (secondary N) is 1. The van der Waals surface area contributed by atoms with E-state index in [1.54, 1.807) is 7.05 Å². The largest absolute Gasteiger partial charge is 0.359 e. The number of fused-ring (bicyclic) bond motifs is 1. The minimum Gasteiger partial charge on any atom is -0.359 e. The van der Waals surface area contributed by atoms with E-state index in [4.69, 9.17) is 0 Å². The molecular formula is C12H13BrN2O. The maximum Gasteiger partial charge on any atom is 0.224 e. The van der Waals surface area contributed by atoms with Crippen LogP contribution < -0.4 is 5.32 Å². The summed E-state index contributed by atoms with van der Waals surface area (Å²) in [4.78, 5) is 11.4. The highest BCUT2D eigenvalue weighted by Crippen LogP contribution is 2.24. The molecule has 0 unspecified atom stereocenters. The molecule has 0 bridgehead atoms. The van der Waals surface area contributed by atoms with E-state index in [-0.39, 0.29) is 5.91 Å². The van der Waals surface area contributed by atoms with Crippen LogP contribution in [0.2, 0.25) is 0 Å². The molecule has 3 nitrogen and oxygen atoms in total. The molecule has 0 aliphatic heterocycles. The molecule has 1 heterocycles. The van der Waals surface area contributed by atoms with E-state index in [0.717, 1.165) is 20.9 Å². The van der Waals surface area contributed by atoms with E-state index in [9.17, 15) is 4.79 Å². The lowest BCUT2D eigenvalue weighted by molar-refractivity contribution is -0.119. The highest BCUT2D eigenvalue weighted by molar-refractivity contribution is 9.10. The Morgan fingerprint density at radius 1 is 1.50 bits per heavy atom. The van der Waals surface area contributed by atoms with E-state index >= 15 is 0 Å². The Balaban J connectivity index is 2.52. The fourth-order valence-corrected chi connectivity index (χ4v) is 2.21. The zero-order valence-corrected chi connectivity index (χ0v) is 10.8. The van der Waals surface area contributed by atoms with E-state index in [1.807, 2.05) is 36.0 Å². The van der Waals surface area contributed by atoms with E-state index in [2.05, 4.69) is 21.2 Å². The van der Waals surface area contributed by atoms with Crippen LogP contribution in [0.4, 0.5) is 0 Å². The zero-order valence-electron chi connectivity index (χ0n) is 9.25. The highest BCUT2D eigenvalue weighted by Gasteiger charge is 2.09. The van der Waals surface area contributed by atoms with Gasteiger partial charge in [0.25, 0.3) is 0 Å². The van der Waals surface area contributed by atoms with Crippen molar-refractivity contribution in [2.75, 3.05) is 7.05 Å². The van der Waals surface area contributed by atoms with Crippen LogP contribution in [0, 0.1) is 0 Å². The summed E-state index contributed by atoms with van der Waals surface area (Å²) in [5, 5.41) is 3.77. The van der Waals surface area contributed by atoms with Gasteiger partial charge >= 0.3 is 0 Å². The third kappa shape index (κ3) is 1.97. The number of rotatable bonds is 2. The second-order valence-corrected chi connectivity index (χ2v) is 4.69. The summed E-state index contributed by atoms with van der Waals surface area (Å²) < 4.78 is 3.07. The van der Waals surface area contributed by atoms with Crippen molar-refractivity contribution in [2.24, 2.45) is 7.05 Å². The van der Waals surface area contributed by atoms with Gasteiger partial charge in [-0.2, -0.15) is 0 Å². The Kier molecular flexibility index (Phi) is 3.01. The van der Waals surface area contributed by atoms with Gasteiger partial charge < -0.3 is 9.88 Å². The Bertz CT molecular complexity index is 545. The highest BCUT2D eigenvalue weighted by atomic mass is 79.9. The Morgan fingerprint density at radius 3 is 2.94 bits per heavy atom. The average Bonchev–Trinajstić information content (AvgIpc) is 2.55. The normalized spacial score (nSPS) is 10.7. The van der Waals surface area contributed by atoms with Gasteiger partial charge in [0.05, 0.1) is 6.42 Å². The minimum absolute atomic E-state index is 0.0347. The number of halogens is 1. The summed E-state index contributed by atoms with van der Waals surface area (Å²) in [7, 11) is 3.65. The van der Waals surface area contributed by atoms with Crippen LogP contribution >= 0.6 is 15.9 Å². The molecule has 1 aromatic heterocycles. The molecule has 4 heteroatoms. The molecule has 0 aliphatic carbocycles. The van der Waals surface area contributed by atoms with Crippen LogP contribution in [0.5, 0.6) is 0 Å². The standard InChI is InChI=1S/C12H13BrN2O/c1-14-12(16)5-8-7-15(2)11-4-3-9(13)6-10(8)11/h3-4,6-7H,5H2,1-2H3,(H,14,16). The summed E-state index contributed by atoms with van der Waals surface area (Å²) >= 11 is 3.45. The van der Waals surface area contributed by atoms with Gasteiger partial charge in [-0.15, -0.1) is 0 Å². The lowest BCUT2D eigenvalue weighted by Crippen LogP contribution is -2.19. The topological polar surface area (TPSA) is 34.0 Å². The Hall–Kier alpha value is -1.29. The van der Waals surface area contributed by atoms with Gasteiger partial charge in [0.2, 0.25) is 5.91 Å². The van der Waals surface area contributed by atoms with Crippen molar-refractivity contribution in [3.05, 3.63) is 34.4 Å². The molecule has 1 amide bonds. The molecule has 2 rings (SSSR count). The maximum atomic E-state index is 11.4. The fraction of sp³-hybridized carbons (Fsp3) is 0.250. The lowest BCUT2D eigenvalue weighted by atomic mass is 10.1. The summed E-state index contributed by atoms with van der Waals surface area (Å²) in [6, 6.07) is 6.10. The smallest absolute Gasteiger partial charge is 0.224 e. The van der Waals surface area contributed by atoms with Gasteiger partial charge in [0, 0.05) is 35.7 Å². The first-order valence-electron chi connectivity index (χ1n) is 5.06. The number of carbonyl (C=O) groups excluding carboxylic acids is 1. The number of carbonyl (C=O) groups is 1. The van der Waals surface area contributed by atoms with Crippen LogP contribution in [-0.4, -0.2) is 17.5 Å². The number of amides is 1. The van der Waals surface area contributed by atoms with Gasteiger partial charge in [0.15, 0.2) is 0 Å². The van der Waals surface area contributed by atoms with Crippen LogP contribution in [0.1, 0.15) is 5.56 Å².